The van der Waals surface area contributed by atoms with Crippen molar-refractivity contribution in [2.24, 2.45) is 0 Å². The van der Waals surface area contributed by atoms with E-state index in [1.165, 1.54) is 52.2 Å². The molecule has 0 unspecified atom stereocenters. The average molecular weight is 552 g/mol. The predicted octanol–water partition coefficient (Wildman–Crippen LogP) is 3.93. The van der Waals surface area contributed by atoms with Gasteiger partial charge in [0.2, 0.25) is 10.0 Å². The quantitative estimate of drug-likeness (QED) is 0.442. The number of hydrogen-bond donors (Lipinski definition) is 2. The second kappa shape index (κ2) is 11.7. The van der Waals surface area contributed by atoms with Gasteiger partial charge in [-0.3, -0.25) is 9.88 Å². The molecule has 0 aliphatic carbocycles. The summed E-state index contributed by atoms with van der Waals surface area (Å²) in [4.78, 5) is 9.48. The summed E-state index contributed by atoms with van der Waals surface area (Å²) in [6.07, 6.45) is 4.33. The number of piperidine rings is 1. The molecule has 0 bridgehead atoms. The molecule has 39 heavy (non-hydrogen) atoms. The Morgan fingerprint density at radius 2 is 1.87 bits per heavy atom. The normalized spacial score (nSPS) is 18.4. The predicted molar refractivity (Wildman–Crippen MR) is 153 cm³/mol. The molecule has 208 valence electrons. The van der Waals surface area contributed by atoms with E-state index < -0.39 is 15.8 Å². The summed E-state index contributed by atoms with van der Waals surface area (Å²) in [6, 6.07) is 13.9. The van der Waals surface area contributed by atoms with Crippen LogP contribution < -0.4 is 14.9 Å². The Balaban J connectivity index is 1.20. The smallest absolute Gasteiger partial charge is 0.240 e. The molecule has 2 aromatic carbocycles. The van der Waals surface area contributed by atoms with Crippen molar-refractivity contribution in [3.8, 4) is 0 Å². The lowest BCUT2D eigenvalue weighted by molar-refractivity contribution is 0.271. The van der Waals surface area contributed by atoms with Gasteiger partial charge < -0.3 is 10.2 Å². The molecule has 2 aliphatic heterocycles. The zero-order valence-electron chi connectivity index (χ0n) is 23.0. The second-order valence-electron chi connectivity index (χ2n) is 11.0. The first-order valence-electron chi connectivity index (χ1n) is 13.7. The first-order chi connectivity index (χ1) is 18.7. The molecule has 7 nitrogen and oxygen atoms in total. The number of halogens is 1. The SMILES string of the molecule is Cc1cnc(CN(C)C[C@H]2Cc3c(cccc3N3CCC(NS(=O)(=O)c4ccc(F)cc4)CC3)CN2)c(C)c1. The average Bonchev–Trinajstić information content (AvgIpc) is 2.90. The second-order valence-corrected chi connectivity index (χ2v) is 12.7. The minimum absolute atomic E-state index is 0.0975. The lowest BCUT2D eigenvalue weighted by Gasteiger charge is -2.37. The lowest BCUT2D eigenvalue weighted by Crippen LogP contribution is -2.46. The lowest BCUT2D eigenvalue weighted by atomic mass is 9.92. The topological polar surface area (TPSA) is 77.6 Å². The Morgan fingerprint density at radius 3 is 2.59 bits per heavy atom. The van der Waals surface area contributed by atoms with Gasteiger partial charge in [-0.1, -0.05) is 18.2 Å². The first-order valence-corrected chi connectivity index (χ1v) is 15.1. The number of nitrogens with one attached hydrogen (secondary N) is 2. The molecule has 9 heteroatoms. The summed E-state index contributed by atoms with van der Waals surface area (Å²) in [6.45, 7) is 8.35. The number of hydrogen-bond acceptors (Lipinski definition) is 6. The van der Waals surface area contributed by atoms with Crippen molar-refractivity contribution >= 4 is 15.7 Å². The number of pyridine rings is 1. The molecule has 1 saturated heterocycles. The summed E-state index contributed by atoms with van der Waals surface area (Å²) in [7, 11) is -1.52. The van der Waals surface area contributed by atoms with Gasteiger partial charge in [-0.05, 0) is 92.7 Å². The molecule has 1 fully saturated rings. The first kappa shape index (κ1) is 27.7. The van der Waals surface area contributed by atoms with Crippen molar-refractivity contribution in [2.45, 2.75) is 63.2 Å². The molecule has 0 saturated carbocycles. The third-order valence-electron chi connectivity index (χ3n) is 7.84. The summed E-state index contributed by atoms with van der Waals surface area (Å²) in [5.41, 5.74) is 7.53. The molecule has 1 atom stereocenters. The van der Waals surface area contributed by atoms with Crippen molar-refractivity contribution in [3.05, 3.63) is 88.5 Å². The van der Waals surface area contributed by atoms with Gasteiger partial charge in [-0.25, -0.2) is 17.5 Å². The minimum atomic E-state index is -3.67. The number of rotatable bonds is 8. The van der Waals surface area contributed by atoms with Crippen LogP contribution in [-0.4, -0.2) is 57.1 Å². The van der Waals surface area contributed by atoms with Crippen LogP contribution in [0.4, 0.5) is 10.1 Å². The summed E-state index contributed by atoms with van der Waals surface area (Å²) in [5.74, 6) is -0.448. The number of likely N-dealkylation sites (N-methyl/N-ethyl adjacent to an activating group) is 1. The molecular weight excluding hydrogens is 513 g/mol. The standard InChI is InChI=1S/C30H38FN5O2S/c1-21-15-22(2)29(33-17-21)20-35(3)19-26-16-28-23(18-32-26)5-4-6-30(28)36-13-11-25(12-14-36)34-39(37,38)27-9-7-24(31)8-10-27/h4-10,15,17,25-26,32,34H,11-14,16,18-20H2,1-3H3/t26-/m1/s1. The van der Waals surface area contributed by atoms with Gasteiger partial charge in [0.05, 0.1) is 10.6 Å². The fourth-order valence-electron chi connectivity index (χ4n) is 5.77. The van der Waals surface area contributed by atoms with Crippen LogP contribution in [0.2, 0.25) is 0 Å². The van der Waals surface area contributed by atoms with Crippen LogP contribution in [0.1, 0.15) is 40.8 Å². The molecule has 2 aliphatic rings. The Kier molecular flexibility index (Phi) is 8.32. The van der Waals surface area contributed by atoms with Gasteiger partial charge >= 0.3 is 0 Å². The Morgan fingerprint density at radius 1 is 1.13 bits per heavy atom. The van der Waals surface area contributed by atoms with E-state index >= 15 is 0 Å². The Labute approximate surface area is 231 Å². The largest absolute Gasteiger partial charge is 0.371 e. The van der Waals surface area contributed by atoms with E-state index in [4.69, 9.17) is 0 Å². The zero-order valence-corrected chi connectivity index (χ0v) is 23.8. The highest BCUT2D eigenvalue weighted by Gasteiger charge is 2.28. The maximum atomic E-state index is 13.2. The van der Waals surface area contributed by atoms with Crippen molar-refractivity contribution in [1.29, 1.82) is 0 Å². The van der Waals surface area contributed by atoms with Gasteiger partial charge in [-0.15, -0.1) is 0 Å². The van der Waals surface area contributed by atoms with Crippen LogP contribution >= 0.6 is 0 Å². The van der Waals surface area contributed by atoms with Crippen molar-refractivity contribution in [1.82, 2.24) is 19.9 Å². The van der Waals surface area contributed by atoms with E-state index in [2.05, 4.69) is 70.0 Å². The molecule has 5 rings (SSSR count). The van der Waals surface area contributed by atoms with Crippen molar-refractivity contribution in [2.75, 3.05) is 31.6 Å². The molecule has 2 N–H and O–H groups in total. The molecule has 0 radical (unpaired) electrons. The van der Waals surface area contributed by atoms with Crippen LogP contribution in [0.15, 0.2) is 59.6 Å². The summed E-state index contributed by atoms with van der Waals surface area (Å²) >= 11 is 0. The van der Waals surface area contributed by atoms with Crippen LogP contribution in [0.25, 0.3) is 0 Å². The van der Waals surface area contributed by atoms with E-state index in [9.17, 15) is 12.8 Å². The van der Waals surface area contributed by atoms with Crippen LogP contribution in [0, 0.1) is 19.7 Å². The Bertz CT molecular complexity index is 1410. The minimum Gasteiger partial charge on any atom is -0.371 e. The number of aromatic nitrogens is 1. The number of sulfonamides is 1. The van der Waals surface area contributed by atoms with Gasteiger partial charge in [-0.2, -0.15) is 0 Å². The third kappa shape index (κ3) is 6.66. The van der Waals surface area contributed by atoms with Gasteiger partial charge in [0, 0.05) is 56.7 Å². The highest BCUT2D eigenvalue weighted by Crippen LogP contribution is 2.31. The maximum absolute atomic E-state index is 13.2. The van der Waals surface area contributed by atoms with Gasteiger partial charge in [0.1, 0.15) is 5.82 Å². The molecule has 1 aromatic heterocycles. The van der Waals surface area contributed by atoms with Crippen LogP contribution in [0.5, 0.6) is 0 Å². The number of fused-ring (bicyclic) bond motifs is 1. The fourth-order valence-corrected chi connectivity index (χ4v) is 7.07. The van der Waals surface area contributed by atoms with E-state index in [0.29, 0.717) is 6.04 Å². The van der Waals surface area contributed by atoms with Gasteiger partial charge in [0.25, 0.3) is 0 Å². The number of benzene rings is 2. The maximum Gasteiger partial charge on any atom is 0.240 e. The third-order valence-corrected chi connectivity index (χ3v) is 9.37. The van der Waals surface area contributed by atoms with Gasteiger partial charge in [0.15, 0.2) is 0 Å². The zero-order chi connectivity index (χ0) is 27.6. The molecule has 0 amide bonds. The van der Waals surface area contributed by atoms with E-state index in [0.717, 1.165) is 57.7 Å². The van der Waals surface area contributed by atoms with Crippen LogP contribution in [-0.2, 0) is 29.5 Å². The van der Waals surface area contributed by atoms with E-state index in [1.54, 1.807) is 0 Å². The number of aryl methyl sites for hydroxylation is 2. The van der Waals surface area contributed by atoms with Crippen molar-refractivity contribution < 1.29 is 12.8 Å². The monoisotopic (exact) mass is 551 g/mol. The highest BCUT2D eigenvalue weighted by atomic mass is 32.2. The number of nitrogens with zero attached hydrogens (tertiary/aromatic N) is 3. The van der Waals surface area contributed by atoms with Crippen molar-refractivity contribution in [3.63, 3.8) is 0 Å². The van der Waals surface area contributed by atoms with E-state index in [1.807, 2.05) is 6.20 Å². The molecular formula is C30H38FN5O2S. The Hall–Kier alpha value is -2.85. The molecule has 3 aromatic rings. The molecule has 3 heterocycles. The van der Waals surface area contributed by atoms with E-state index in [-0.39, 0.29) is 10.9 Å². The summed E-state index contributed by atoms with van der Waals surface area (Å²) in [5, 5.41) is 3.72. The molecule has 0 spiro atoms. The summed E-state index contributed by atoms with van der Waals surface area (Å²) < 4.78 is 41.6. The number of anilines is 1. The van der Waals surface area contributed by atoms with Crippen LogP contribution in [0.3, 0.4) is 0 Å². The fraction of sp³-hybridized carbons (Fsp3) is 0.433. The highest BCUT2D eigenvalue weighted by molar-refractivity contribution is 7.89.